The van der Waals surface area contributed by atoms with E-state index in [1.54, 1.807) is 25.1 Å². The lowest BCUT2D eigenvalue weighted by atomic mass is 10.1. The molecule has 1 aromatic carbocycles. The number of hydrogen-bond acceptors (Lipinski definition) is 3. The molecule has 0 bridgehead atoms. The summed E-state index contributed by atoms with van der Waals surface area (Å²) in [4.78, 5) is 10.8. The molecule has 3 N–H and O–H groups in total. The third-order valence-corrected chi connectivity index (χ3v) is 2.59. The second-order valence-corrected chi connectivity index (χ2v) is 4.25. The van der Waals surface area contributed by atoms with Crippen molar-refractivity contribution in [1.82, 2.24) is 0 Å². The molecule has 0 amide bonds. The number of carbonyl (C=O) groups is 1. The van der Waals surface area contributed by atoms with Gasteiger partial charge in [-0.3, -0.25) is 0 Å². The monoisotopic (exact) mass is 237 g/mol. The van der Waals surface area contributed by atoms with Crippen molar-refractivity contribution < 1.29 is 15.0 Å². The molecular weight excluding hydrogens is 218 g/mol. The summed E-state index contributed by atoms with van der Waals surface area (Å²) >= 11 is 0. The molecule has 0 aromatic heterocycles. The number of carboxylic acids is 1. The van der Waals surface area contributed by atoms with Crippen molar-refractivity contribution in [3.8, 4) is 0 Å². The van der Waals surface area contributed by atoms with E-state index in [0.717, 1.165) is 30.6 Å². The van der Waals surface area contributed by atoms with Gasteiger partial charge in [-0.15, -0.1) is 0 Å². The molecule has 94 valence electrons. The topological polar surface area (TPSA) is 69.6 Å². The molecule has 1 unspecified atom stereocenters. The van der Waals surface area contributed by atoms with Gasteiger partial charge in [0.05, 0.1) is 11.7 Å². The van der Waals surface area contributed by atoms with E-state index in [9.17, 15) is 4.79 Å². The quantitative estimate of drug-likeness (QED) is 0.664. The highest BCUT2D eigenvalue weighted by Crippen LogP contribution is 2.16. The number of carboxylic acid groups (broad SMARTS) is 1. The summed E-state index contributed by atoms with van der Waals surface area (Å²) in [7, 11) is 0. The number of aliphatic hydroxyl groups is 1. The minimum atomic E-state index is -0.909. The Bertz CT molecular complexity index is 388. The largest absolute Gasteiger partial charge is 0.478 e. The number of benzene rings is 1. The molecule has 0 saturated carbocycles. The molecule has 4 heteroatoms. The lowest BCUT2D eigenvalue weighted by Crippen LogP contribution is -2.07. The predicted molar refractivity (Wildman–Crippen MR) is 67.5 cm³/mol. The number of rotatable bonds is 6. The molecule has 0 aliphatic carbocycles. The smallest absolute Gasteiger partial charge is 0.335 e. The van der Waals surface area contributed by atoms with E-state index in [2.05, 4.69) is 5.32 Å². The zero-order valence-electron chi connectivity index (χ0n) is 10.2. The fraction of sp³-hybridized carbons (Fsp3) is 0.462. The number of aromatic carboxylic acids is 1. The summed E-state index contributed by atoms with van der Waals surface area (Å²) in [6.45, 7) is 4.43. The van der Waals surface area contributed by atoms with E-state index in [4.69, 9.17) is 10.2 Å². The van der Waals surface area contributed by atoms with Crippen LogP contribution in [0.4, 0.5) is 5.69 Å². The Kier molecular flexibility index (Phi) is 4.97. The Hall–Kier alpha value is -1.55. The van der Waals surface area contributed by atoms with Gasteiger partial charge in [-0.2, -0.15) is 0 Å². The summed E-state index contributed by atoms with van der Waals surface area (Å²) in [5.74, 6) is -0.909. The van der Waals surface area contributed by atoms with Crippen molar-refractivity contribution in [3.63, 3.8) is 0 Å². The van der Waals surface area contributed by atoms with Crippen LogP contribution in [0.3, 0.4) is 0 Å². The predicted octanol–water partition coefficient (Wildman–Crippen LogP) is 2.27. The second kappa shape index (κ2) is 6.25. The molecule has 0 radical (unpaired) electrons. The molecule has 0 aliphatic heterocycles. The zero-order valence-corrected chi connectivity index (χ0v) is 10.2. The highest BCUT2D eigenvalue weighted by atomic mass is 16.4. The zero-order chi connectivity index (χ0) is 12.8. The number of aliphatic hydroxyl groups excluding tert-OH is 1. The molecule has 0 heterocycles. The van der Waals surface area contributed by atoms with E-state index >= 15 is 0 Å². The van der Waals surface area contributed by atoms with E-state index in [1.807, 2.05) is 6.92 Å². The van der Waals surface area contributed by atoms with Gasteiger partial charge in [0.25, 0.3) is 0 Å². The van der Waals surface area contributed by atoms with Crippen LogP contribution in [-0.2, 0) is 0 Å². The Balaban J connectivity index is 2.52. The van der Waals surface area contributed by atoms with Crippen LogP contribution in [0.25, 0.3) is 0 Å². The number of aryl methyl sites for hydroxylation is 1. The van der Waals surface area contributed by atoms with Gasteiger partial charge in [0.2, 0.25) is 0 Å². The Labute approximate surface area is 101 Å². The van der Waals surface area contributed by atoms with Crippen LogP contribution in [0.15, 0.2) is 18.2 Å². The van der Waals surface area contributed by atoms with Crippen LogP contribution in [-0.4, -0.2) is 28.8 Å². The molecule has 0 aliphatic rings. The van der Waals surface area contributed by atoms with Crippen molar-refractivity contribution in [2.45, 2.75) is 32.8 Å². The highest BCUT2D eigenvalue weighted by Gasteiger charge is 2.05. The van der Waals surface area contributed by atoms with Gasteiger partial charge in [-0.05, 0) is 50.5 Å². The summed E-state index contributed by atoms with van der Waals surface area (Å²) in [6, 6.07) is 5.02. The molecule has 0 fully saturated rings. The molecular formula is C13H19NO3. The van der Waals surface area contributed by atoms with E-state index in [0.29, 0.717) is 5.56 Å². The maximum absolute atomic E-state index is 10.8. The molecule has 1 atom stereocenters. The van der Waals surface area contributed by atoms with E-state index in [-0.39, 0.29) is 6.10 Å². The first-order chi connectivity index (χ1) is 8.00. The van der Waals surface area contributed by atoms with Crippen LogP contribution < -0.4 is 5.32 Å². The molecule has 0 spiro atoms. The number of hydrogen-bond donors (Lipinski definition) is 3. The highest BCUT2D eigenvalue weighted by molar-refractivity contribution is 5.88. The maximum atomic E-state index is 10.8. The summed E-state index contributed by atoms with van der Waals surface area (Å²) in [5.41, 5.74) is 2.17. The summed E-state index contributed by atoms with van der Waals surface area (Å²) in [6.07, 6.45) is 1.38. The van der Waals surface area contributed by atoms with Crippen molar-refractivity contribution in [3.05, 3.63) is 29.3 Å². The van der Waals surface area contributed by atoms with Crippen molar-refractivity contribution >= 4 is 11.7 Å². The van der Waals surface area contributed by atoms with Gasteiger partial charge in [0.15, 0.2) is 0 Å². The molecule has 0 saturated heterocycles. The minimum absolute atomic E-state index is 0.271. The van der Waals surface area contributed by atoms with Crippen molar-refractivity contribution in [2.24, 2.45) is 0 Å². The van der Waals surface area contributed by atoms with Crippen LogP contribution in [0, 0.1) is 6.92 Å². The normalized spacial score (nSPS) is 12.2. The van der Waals surface area contributed by atoms with Gasteiger partial charge in [0.1, 0.15) is 0 Å². The third kappa shape index (κ3) is 4.44. The van der Waals surface area contributed by atoms with Crippen LogP contribution in [0.2, 0.25) is 0 Å². The maximum Gasteiger partial charge on any atom is 0.335 e. The fourth-order valence-corrected chi connectivity index (χ4v) is 1.62. The lowest BCUT2D eigenvalue weighted by molar-refractivity contribution is 0.0697. The lowest BCUT2D eigenvalue weighted by Gasteiger charge is -2.10. The summed E-state index contributed by atoms with van der Waals surface area (Å²) < 4.78 is 0. The Morgan fingerprint density at radius 1 is 1.47 bits per heavy atom. The van der Waals surface area contributed by atoms with Crippen molar-refractivity contribution in [2.75, 3.05) is 11.9 Å². The molecule has 4 nitrogen and oxygen atoms in total. The average molecular weight is 237 g/mol. The SMILES string of the molecule is Cc1cc(C(=O)O)ccc1NCCCC(C)O. The first-order valence-corrected chi connectivity index (χ1v) is 5.76. The number of anilines is 1. The van der Waals surface area contributed by atoms with Gasteiger partial charge >= 0.3 is 5.97 Å². The van der Waals surface area contributed by atoms with Gasteiger partial charge in [-0.1, -0.05) is 0 Å². The fourth-order valence-electron chi connectivity index (χ4n) is 1.62. The third-order valence-electron chi connectivity index (χ3n) is 2.59. The van der Waals surface area contributed by atoms with Crippen LogP contribution >= 0.6 is 0 Å². The summed E-state index contributed by atoms with van der Waals surface area (Å²) in [5, 5.41) is 21.2. The van der Waals surface area contributed by atoms with Gasteiger partial charge in [0, 0.05) is 12.2 Å². The number of nitrogens with one attached hydrogen (secondary N) is 1. The molecule has 1 aromatic rings. The van der Waals surface area contributed by atoms with E-state index < -0.39 is 5.97 Å². The average Bonchev–Trinajstić information content (AvgIpc) is 2.25. The van der Waals surface area contributed by atoms with Gasteiger partial charge in [-0.25, -0.2) is 4.79 Å². The first kappa shape index (κ1) is 13.5. The van der Waals surface area contributed by atoms with Gasteiger partial charge < -0.3 is 15.5 Å². The van der Waals surface area contributed by atoms with Crippen LogP contribution in [0.1, 0.15) is 35.7 Å². The second-order valence-electron chi connectivity index (χ2n) is 4.25. The standard InChI is InChI=1S/C13H19NO3/c1-9-8-11(13(16)17)5-6-12(9)14-7-3-4-10(2)15/h5-6,8,10,14-15H,3-4,7H2,1-2H3,(H,16,17). The van der Waals surface area contributed by atoms with E-state index in [1.165, 1.54) is 0 Å². The first-order valence-electron chi connectivity index (χ1n) is 5.76. The molecule has 1 rings (SSSR count). The van der Waals surface area contributed by atoms with Crippen molar-refractivity contribution in [1.29, 1.82) is 0 Å². The Morgan fingerprint density at radius 3 is 2.71 bits per heavy atom. The van der Waals surface area contributed by atoms with Crippen LogP contribution in [0.5, 0.6) is 0 Å². The minimum Gasteiger partial charge on any atom is -0.478 e. The Morgan fingerprint density at radius 2 is 2.18 bits per heavy atom. The molecule has 17 heavy (non-hydrogen) atoms.